The molecule has 0 saturated carbocycles. The fourth-order valence-electron chi connectivity index (χ4n) is 2.11. The first-order valence-corrected chi connectivity index (χ1v) is 6.95. The predicted octanol–water partition coefficient (Wildman–Crippen LogP) is 3.61. The summed E-state index contributed by atoms with van der Waals surface area (Å²) in [4.78, 5) is 22.7. The molecular weight excluding hydrogens is 417 g/mol. The Morgan fingerprint density at radius 1 is 0.964 bits per heavy atom. The van der Waals surface area contributed by atoms with Gasteiger partial charge in [0.1, 0.15) is 0 Å². The SMILES string of the molecule is COC(=O)c1ccc(NC(=O)C(F)(F)[C@]2(F)OC(F)(F)C(F)(F)C2(F)F)cc1. The number of nitrogens with one attached hydrogen (secondary N) is 1. The monoisotopic (exact) mass is 425 g/mol. The van der Waals surface area contributed by atoms with Crippen LogP contribution in [-0.2, 0) is 14.3 Å². The molecule has 1 aromatic rings. The molecule has 0 spiro atoms. The summed E-state index contributed by atoms with van der Waals surface area (Å²) in [5, 5.41) is 1.18. The van der Waals surface area contributed by atoms with E-state index in [1.807, 2.05) is 0 Å². The molecule has 0 aromatic heterocycles. The molecule has 1 aliphatic rings. The van der Waals surface area contributed by atoms with Crippen LogP contribution in [0.4, 0.5) is 45.2 Å². The second kappa shape index (κ2) is 6.25. The van der Waals surface area contributed by atoms with Gasteiger partial charge in [-0.15, -0.1) is 0 Å². The number of benzene rings is 1. The van der Waals surface area contributed by atoms with Gasteiger partial charge in [-0.25, -0.2) is 4.79 Å². The van der Waals surface area contributed by atoms with E-state index in [9.17, 15) is 49.1 Å². The third-order valence-corrected chi connectivity index (χ3v) is 3.69. The summed E-state index contributed by atoms with van der Waals surface area (Å²) in [6, 6.07) is 3.35. The molecular formula is C14H8F9NO4. The predicted molar refractivity (Wildman–Crippen MR) is 71.1 cm³/mol. The van der Waals surface area contributed by atoms with Crippen LogP contribution < -0.4 is 5.32 Å². The van der Waals surface area contributed by atoms with Crippen LogP contribution in [0.2, 0.25) is 0 Å². The van der Waals surface area contributed by atoms with Crippen molar-refractivity contribution < 1.29 is 58.6 Å². The second-order valence-corrected chi connectivity index (χ2v) is 5.46. The number of halogens is 9. The number of alkyl halides is 9. The van der Waals surface area contributed by atoms with Gasteiger partial charge in [0, 0.05) is 5.69 Å². The fourth-order valence-corrected chi connectivity index (χ4v) is 2.11. The normalized spacial score (nSPS) is 25.2. The van der Waals surface area contributed by atoms with E-state index in [1.165, 1.54) is 5.32 Å². The fraction of sp³-hybridized carbons (Fsp3) is 0.429. The van der Waals surface area contributed by atoms with E-state index in [0.29, 0.717) is 0 Å². The summed E-state index contributed by atoms with van der Waals surface area (Å²) >= 11 is 0. The van der Waals surface area contributed by atoms with Crippen LogP contribution in [0.15, 0.2) is 24.3 Å². The Bertz CT molecular complexity index is 797. The van der Waals surface area contributed by atoms with Gasteiger partial charge in [-0.3, -0.25) is 9.53 Å². The molecule has 0 radical (unpaired) electrons. The Hall–Kier alpha value is -2.51. The highest BCUT2D eigenvalue weighted by Gasteiger charge is 2.96. The summed E-state index contributed by atoms with van der Waals surface area (Å²) in [5.74, 6) is -29.8. The van der Waals surface area contributed by atoms with Crippen molar-refractivity contribution in [2.45, 2.75) is 29.7 Å². The van der Waals surface area contributed by atoms with Crippen molar-refractivity contribution in [3.05, 3.63) is 29.8 Å². The molecule has 1 aromatic carbocycles. The minimum absolute atomic E-state index is 0.140. The number of carbonyl (C=O) groups is 2. The highest BCUT2D eigenvalue weighted by Crippen LogP contribution is 2.64. The van der Waals surface area contributed by atoms with Crippen LogP contribution in [0.3, 0.4) is 0 Å². The number of hydrogen-bond acceptors (Lipinski definition) is 4. The van der Waals surface area contributed by atoms with Crippen molar-refractivity contribution in [1.29, 1.82) is 0 Å². The lowest BCUT2D eigenvalue weighted by atomic mass is 9.99. The summed E-state index contributed by atoms with van der Waals surface area (Å²) in [5.41, 5.74) is -0.778. The Labute approximate surface area is 149 Å². The van der Waals surface area contributed by atoms with Crippen LogP contribution in [0, 0.1) is 0 Å². The van der Waals surface area contributed by atoms with Gasteiger partial charge >= 0.3 is 41.6 Å². The van der Waals surface area contributed by atoms with Crippen molar-refractivity contribution >= 4 is 17.6 Å². The van der Waals surface area contributed by atoms with Crippen molar-refractivity contribution in [2.24, 2.45) is 0 Å². The average Bonchev–Trinajstić information content (AvgIpc) is 2.69. The van der Waals surface area contributed by atoms with Gasteiger partial charge in [-0.05, 0) is 24.3 Å². The molecule has 5 nitrogen and oxygen atoms in total. The molecule has 1 saturated heterocycles. The third kappa shape index (κ3) is 2.77. The lowest BCUT2D eigenvalue weighted by Crippen LogP contribution is -2.63. The van der Waals surface area contributed by atoms with Crippen LogP contribution >= 0.6 is 0 Å². The molecule has 0 unspecified atom stereocenters. The highest BCUT2D eigenvalue weighted by molar-refractivity contribution is 5.97. The Morgan fingerprint density at radius 3 is 1.86 bits per heavy atom. The number of anilines is 1. The topological polar surface area (TPSA) is 64.6 Å². The van der Waals surface area contributed by atoms with E-state index in [4.69, 9.17) is 0 Å². The van der Waals surface area contributed by atoms with Gasteiger partial charge in [0.25, 0.3) is 0 Å². The van der Waals surface area contributed by atoms with Gasteiger partial charge in [-0.2, -0.15) is 39.5 Å². The zero-order valence-corrected chi connectivity index (χ0v) is 13.3. The first-order valence-electron chi connectivity index (χ1n) is 6.95. The minimum Gasteiger partial charge on any atom is -0.465 e. The average molecular weight is 425 g/mol. The van der Waals surface area contributed by atoms with Gasteiger partial charge in [-0.1, -0.05) is 0 Å². The molecule has 0 bridgehead atoms. The van der Waals surface area contributed by atoms with Crippen LogP contribution in [0.1, 0.15) is 10.4 Å². The van der Waals surface area contributed by atoms with Gasteiger partial charge in [0.05, 0.1) is 12.7 Å². The van der Waals surface area contributed by atoms with Crippen molar-refractivity contribution in [1.82, 2.24) is 0 Å². The number of carbonyl (C=O) groups excluding carboxylic acids is 2. The van der Waals surface area contributed by atoms with Gasteiger partial charge in [0.15, 0.2) is 0 Å². The number of amides is 1. The highest BCUT2D eigenvalue weighted by atomic mass is 19.4. The summed E-state index contributed by atoms with van der Waals surface area (Å²) in [7, 11) is 1.01. The zero-order chi connectivity index (χ0) is 21.8. The molecule has 1 atom stereocenters. The van der Waals surface area contributed by atoms with Gasteiger partial charge < -0.3 is 10.1 Å². The largest absolute Gasteiger partial charge is 0.465 e. The first-order chi connectivity index (χ1) is 12.5. The quantitative estimate of drug-likeness (QED) is 0.592. The molecule has 2 rings (SSSR count). The molecule has 1 fully saturated rings. The lowest BCUT2D eigenvalue weighted by Gasteiger charge is -2.31. The summed E-state index contributed by atoms with van der Waals surface area (Å²) < 4.78 is 127. The second-order valence-electron chi connectivity index (χ2n) is 5.46. The summed E-state index contributed by atoms with van der Waals surface area (Å²) in [6.45, 7) is 0. The minimum atomic E-state index is -6.76. The van der Waals surface area contributed by atoms with E-state index in [-0.39, 0.29) is 5.56 Å². The molecule has 1 aliphatic heterocycles. The maximum atomic E-state index is 14.0. The number of ether oxygens (including phenoxy) is 2. The lowest BCUT2D eigenvalue weighted by molar-refractivity contribution is -0.366. The molecule has 14 heteroatoms. The standard InChI is InChI=1S/C14H8F9NO4/c1-27-8(25)6-2-4-7(5-3-6)24-9(26)10(15,16)13(21)11(17,18)12(19,20)14(22,23)28-13/h2-5H,1H3,(H,24,26)/t13-/m0/s1. The number of methoxy groups -OCH3 is 1. The van der Waals surface area contributed by atoms with E-state index in [0.717, 1.165) is 31.4 Å². The van der Waals surface area contributed by atoms with Crippen molar-refractivity contribution in [3.8, 4) is 0 Å². The van der Waals surface area contributed by atoms with E-state index >= 15 is 0 Å². The zero-order valence-electron chi connectivity index (χ0n) is 13.3. The number of rotatable bonds is 4. The molecule has 28 heavy (non-hydrogen) atoms. The Morgan fingerprint density at radius 2 is 1.46 bits per heavy atom. The first kappa shape index (κ1) is 21.8. The molecule has 1 heterocycles. The van der Waals surface area contributed by atoms with Crippen LogP contribution in [0.5, 0.6) is 0 Å². The third-order valence-electron chi connectivity index (χ3n) is 3.69. The molecule has 0 aliphatic carbocycles. The van der Waals surface area contributed by atoms with E-state index in [1.54, 1.807) is 0 Å². The van der Waals surface area contributed by atoms with Crippen molar-refractivity contribution in [3.63, 3.8) is 0 Å². The maximum absolute atomic E-state index is 14.0. The van der Waals surface area contributed by atoms with E-state index < -0.39 is 47.3 Å². The number of hydrogen-bond donors (Lipinski definition) is 1. The van der Waals surface area contributed by atoms with Crippen molar-refractivity contribution in [2.75, 3.05) is 12.4 Å². The van der Waals surface area contributed by atoms with Gasteiger partial charge in [0.2, 0.25) is 0 Å². The Balaban J connectivity index is 2.33. The summed E-state index contributed by atoms with van der Waals surface area (Å²) in [6.07, 6.45) is -6.32. The molecule has 1 amide bonds. The molecule has 156 valence electrons. The number of esters is 1. The smallest absolute Gasteiger partial charge is 0.428 e. The Kier molecular flexibility index (Phi) is 4.86. The maximum Gasteiger partial charge on any atom is 0.428 e. The molecule has 1 N–H and O–H groups in total. The van der Waals surface area contributed by atoms with Crippen LogP contribution in [0.25, 0.3) is 0 Å². The van der Waals surface area contributed by atoms with Crippen LogP contribution in [-0.4, -0.2) is 48.7 Å². The van der Waals surface area contributed by atoms with E-state index in [2.05, 4.69) is 9.47 Å².